The van der Waals surface area contributed by atoms with Crippen molar-refractivity contribution in [3.05, 3.63) is 42.1 Å². The molecule has 1 aromatic carbocycles. The Balaban J connectivity index is 1.93. The van der Waals surface area contributed by atoms with Crippen LogP contribution in [0.15, 0.2) is 36.5 Å². The van der Waals surface area contributed by atoms with E-state index < -0.39 is 0 Å². The number of aromatic amines is 1. The minimum Gasteiger partial charge on any atom is -0.465 e. The molecule has 0 fully saturated rings. The van der Waals surface area contributed by atoms with E-state index in [2.05, 4.69) is 16.9 Å². The SMILES string of the molecule is CCCCOC(=O)Cc1ccnc2[nH]c3ccccc3c12. The molecule has 3 rings (SSSR count). The molecule has 0 radical (unpaired) electrons. The lowest BCUT2D eigenvalue weighted by molar-refractivity contribution is -0.142. The third kappa shape index (κ3) is 2.75. The zero-order chi connectivity index (χ0) is 14.7. The van der Waals surface area contributed by atoms with Gasteiger partial charge in [-0.05, 0) is 24.1 Å². The van der Waals surface area contributed by atoms with Gasteiger partial charge in [-0.3, -0.25) is 4.79 Å². The minimum absolute atomic E-state index is 0.179. The molecule has 0 saturated heterocycles. The Labute approximate surface area is 123 Å². The predicted octanol–water partition coefficient (Wildman–Crippen LogP) is 3.60. The van der Waals surface area contributed by atoms with Crippen LogP contribution in [0, 0.1) is 0 Å². The van der Waals surface area contributed by atoms with E-state index in [1.807, 2.05) is 30.3 Å². The summed E-state index contributed by atoms with van der Waals surface area (Å²) in [5.41, 5.74) is 2.81. The van der Waals surface area contributed by atoms with E-state index in [0.717, 1.165) is 40.3 Å². The number of nitrogens with zero attached hydrogens (tertiary/aromatic N) is 1. The molecule has 0 aliphatic carbocycles. The number of benzene rings is 1. The van der Waals surface area contributed by atoms with E-state index in [1.165, 1.54) is 0 Å². The minimum atomic E-state index is -0.179. The Hall–Kier alpha value is -2.36. The third-order valence-electron chi connectivity index (χ3n) is 3.58. The number of aromatic nitrogens is 2. The Morgan fingerprint density at radius 3 is 3.00 bits per heavy atom. The van der Waals surface area contributed by atoms with Gasteiger partial charge in [-0.25, -0.2) is 4.98 Å². The number of nitrogens with one attached hydrogen (secondary N) is 1. The second kappa shape index (κ2) is 5.95. The number of carbonyl (C=O) groups excluding carboxylic acids is 1. The van der Waals surface area contributed by atoms with Gasteiger partial charge in [0, 0.05) is 22.5 Å². The summed E-state index contributed by atoms with van der Waals surface area (Å²) in [6, 6.07) is 9.92. The molecule has 0 aliphatic rings. The van der Waals surface area contributed by atoms with Crippen LogP contribution in [0.4, 0.5) is 0 Å². The molecule has 0 saturated carbocycles. The fourth-order valence-corrected chi connectivity index (χ4v) is 2.52. The maximum atomic E-state index is 11.9. The highest BCUT2D eigenvalue weighted by molar-refractivity contribution is 6.08. The number of carbonyl (C=O) groups is 1. The van der Waals surface area contributed by atoms with Crippen molar-refractivity contribution in [1.29, 1.82) is 0 Å². The Morgan fingerprint density at radius 2 is 2.14 bits per heavy atom. The molecule has 0 unspecified atom stereocenters. The summed E-state index contributed by atoms with van der Waals surface area (Å²) in [6.07, 6.45) is 3.94. The smallest absolute Gasteiger partial charge is 0.310 e. The molecule has 1 N–H and O–H groups in total. The molecule has 0 aliphatic heterocycles. The molecule has 0 spiro atoms. The molecule has 108 valence electrons. The average Bonchev–Trinajstić information content (AvgIpc) is 2.87. The summed E-state index contributed by atoms with van der Waals surface area (Å²) in [4.78, 5) is 19.6. The van der Waals surface area contributed by atoms with Crippen molar-refractivity contribution in [3.63, 3.8) is 0 Å². The normalized spacial score (nSPS) is 11.1. The zero-order valence-electron chi connectivity index (χ0n) is 12.1. The molecular weight excluding hydrogens is 264 g/mol. The van der Waals surface area contributed by atoms with Crippen LogP contribution in [0.2, 0.25) is 0 Å². The summed E-state index contributed by atoms with van der Waals surface area (Å²) >= 11 is 0. The lowest BCUT2D eigenvalue weighted by atomic mass is 10.1. The maximum Gasteiger partial charge on any atom is 0.310 e. The van der Waals surface area contributed by atoms with Crippen molar-refractivity contribution in [2.24, 2.45) is 0 Å². The summed E-state index contributed by atoms with van der Waals surface area (Å²) in [5, 5.41) is 2.11. The maximum absolute atomic E-state index is 11.9. The second-order valence-corrected chi connectivity index (χ2v) is 5.12. The van der Waals surface area contributed by atoms with Crippen LogP contribution < -0.4 is 0 Å². The van der Waals surface area contributed by atoms with Crippen LogP contribution in [-0.4, -0.2) is 22.5 Å². The average molecular weight is 282 g/mol. The number of ether oxygens (including phenoxy) is 1. The number of hydrogen-bond acceptors (Lipinski definition) is 3. The van der Waals surface area contributed by atoms with Crippen LogP contribution in [-0.2, 0) is 16.0 Å². The fourth-order valence-electron chi connectivity index (χ4n) is 2.52. The largest absolute Gasteiger partial charge is 0.465 e. The first-order valence-electron chi connectivity index (χ1n) is 7.29. The van der Waals surface area contributed by atoms with E-state index in [9.17, 15) is 4.79 Å². The first-order valence-corrected chi connectivity index (χ1v) is 7.29. The lowest BCUT2D eigenvalue weighted by Crippen LogP contribution is -2.09. The van der Waals surface area contributed by atoms with Crippen LogP contribution in [0.25, 0.3) is 21.9 Å². The molecule has 2 aromatic heterocycles. The van der Waals surface area contributed by atoms with Crippen LogP contribution in [0.1, 0.15) is 25.3 Å². The van der Waals surface area contributed by atoms with E-state index in [1.54, 1.807) is 6.20 Å². The van der Waals surface area contributed by atoms with Gasteiger partial charge >= 0.3 is 5.97 Å². The highest BCUT2D eigenvalue weighted by Crippen LogP contribution is 2.27. The highest BCUT2D eigenvalue weighted by Gasteiger charge is 2.12. The van der Waals surface area contributed by atoms with E-state index in [-0.39, 0.29) is 12.4 Å². The number of unbranched alkanes of at least 4 members (excludes halogenated alkanes) is 1. The summed E-state index contributed by atoms with van der Waals surface area (Å²) in [7, 11) is 0. The van der Waals surface area contributed by atoms with E-state index >= 15 is 0 Å². The molecule has 0 atom stereocenters. The van der Waals surface area contributed by atoms with Gasteiger partial charge in [0.15, 0.2) is 0 Å². The van der Waals surface area contributed by atoms with Gasteiger partial charge in [-0.2, -0.15) is 0 Å². The molecule has 0 amide bonds. The number of hydrogen-bond donors (Lipinski definition) is 1. The second-order valence-electron chi connectivity index (χ2n) is 5.12. The molecular formula is C17H18N2O2. The van der Waals surface area contributed by atoms with Crippen LogP contribution >= 0.6 is 0 Å². The summed E-state index contributed by atoms with van der Waals surface area (Å²) < 4.78 is 5.25. The van der Waals surface area contributed by atoms with Crippen molar-refractivity contribution in [2.45, 2.75) is 26.2 Å². The van der Waals surface area contributed by atoms with Crippen molar-refractivity contribution >= 4 is 27.9 Å². The first kappa shape index (κ1) is 13.6. The Morgan fingerprint density at radius 1 is 1.29 bits per heavy atom. The van der Waals surface area contributed by atoms with Crippen LogP contribution in [0.3, 0.4) is 0 Å². The number of fused-ring (bicyclic) bond motifs is 3. The van der Waals surface area contributed by atoms with E-state index in [4.69, 9.17) is 4.74 Å². The molecule has 3 aromatic rings. The standard InChI is InChI=1S/C17H18N2O2/c1-2-3-10-21-15(20)11-12-8-9-18-17-16(12)13-6-4-5-7-14(13)19-17/h4-9H,2-3,10-11H2,1H3,(H,18,19). The van der Waals surface area contributed by atoms with Gasteiger partial charge in [0.25, 0.3) is 0 Å². The van der Waals surface area contributed by atoms with Crippen molar-refractivity contribution in [2.75, 3.05) is 6.61 Å². The van der Waals surface area contributed by atoms with Crippen molar-refractivity contribution < 1.29 is 9.53 Å². The molecule has 0 bridgehead atoms. The van der Waals surface area contributed by atoms with Gasteiger partial charge in [-0.15, -0.1) is 0 Å². The van der Waals surface area contributed by atoms with E-state index in [0.29, 0.717) is 6.61 Å². The summed E-state index contributed by atoms with van der Waals surface area (Å²) in [6.45, 7) is 2.57. The quantitative estimate of drug-likeness (QED) is 0.574. The molecule has 21 heavy (non-hydrogen) atoms. The molecule has 2 heterocycles. The van der Waals surface area contributed by atoms with Gasteiger partial charge in [0.05, 0.1) is 13.0 Å². The van der Waals surface area contributed by atoms with Gasteiger partial charge in [-0.1, -0.05) is 31.5 Å². The van der Waals surface area contributed by atoms with Gasteiger partial charge in [0.2, 0.25) is 0 Å². The Bertz CT molecular complexity index is 777. The number of esters is 1. The summed E-state index contributed by atoms with van der Waals surface area (Å²) in [5.74, 6) is -0.179. The number of H-pyrrole nitrogens is 1. The first-order chi connectivity index (χ1) is 10.3. The zero-order valence-corrected chi connectivity index (χ0v) is 12.1. The topological polar surface area (TPSA) is 55.0 Å². The third-order valence-corrected chi connectivity index (χ3v) is 3.58. The highest BCUT2D eigenvalue weighted by atomic mass is 16.5. The molecule has 4 nitrogen and oxygen atoms in total. The van der Waals surface area contributed by atoms with Gasteiger partial charge in [0.1, 0.15) is 5.65 Å². The number of rotatable bonds is 5. The molecule has 4 heteroatoms. The van der Waals surface area contributed by atoms with Gasteiger partial charge < -0.3 is 9.72 Å². The Kier molecular flexibility index (Phi) is 3.86. The van der Waals surface area contributed by atoms with Crippen molar-refractivity contribution in [3.8, 4) is 0 Å². The fraction of sp³-hybridized carbons (Fsp3) is 0.294. The predicted molar refractivity (Wildman–Crippen MR) is 83.2 cm³/mol. The number of pyridine rings is 1. The lowest BCUT2D eigenvalue weighted by Gasteiger charge is -2.05. The monoisotopic (exact) mass is 282 g/mol. The number of para-hydroxylation sites is 1. The van der Waals surface area contributed by atoms with Crippen LogP contribution in [0.5, 0.6) is 0 Å². The van der Waals surface area contributed by atoms with Crippen molar-refractivity contribution in [1.82, 2.24) is 9.97 Å².